The summed E-state index contributed by atoms with van der Waals surface area (Å²) in [4.78, 5) is 0. The second kappa shape index (κ2) is 25.3. The summed E-state index contributed by atoms with van der Waals surface area (Å²) in [5.74, 6) is 0. The molecule has 0 atom stereocenters. The Bertz CT molecular complexity index is 6.00. The fourth-order valence-electron chi connectivity index (χ4n) is 0. The molecule has 0 bridgehead atoms. The van der Waals surface area contributed by atoms with Crippen LogP contribution < -0.4 is 0 Å². The second-order valence-corrected chi connectivity index (χ2v) is 0. The third kappa shape index (κ3) is 9.87. The molecule has 0 fully saturated rings. The predicted octanol–water partition coefficient (Wildman–Crippen LogP) is -0.767. The van der Waals surface area contributed by atoms with Gasteiger partial charge in [-0.1, -0.05) is 0 Å². The molecule has 25 valence electrons. The van der Waals surface area contributed by atoms with Crippen LogP contribution in [0.4, 0.5) is 0 Å². The molecule has 0 spiro atoms. The van der Waals surface area contributed by atoms with Crippen molar-refractivity contribution in [3.63, 3.8) is 0 Å². The van der Waals surface area contributed by atoms with Crippen molar-refractivity contribution in [2.75, 3.05) is 0 Å². The molecule has 4 heteroatoms. The van der Waals surface area contributed by atoms with E-state index in [1.165, 1.54) is 0 Å². The summed E-state index contributed by atoms with van der Waals surface area (Å²) in [6, 6.07) is 0. The van der Waals surface area contributed by atoms with E-state index in [1.54, 1.807) is 0 Å². The summed E-state index contributed by atoms with van der Waals surface area (Å²) in [5.41, 5.74) is 0. The van der Waals surface area contributed by atoms with Gasteiger partial charge in [-0.3, -0.25) is 0 Å². The Morgan fingerprint density at radius 1 is 0.750 bits per heavy atom. The van der Waals surface area contributed by atoms with Crippen molar-refractivity contribution in [3.05, 3.63) is 0 Å². The van der Waals surface area contributed by atoms with Gasteiger partial charge < -0.3 is 0 Å². The molecule has 0 saturated carbocycles. The van der Waals surface area contributed by atoms with Gasteiger partial charge in [-0.15, -0.1) is 0 Å². The molecule has 4 heavy (non-hydrogen) atoms. The van der Waals surface area contributed by atoms with E-state index in [-0.39, 0.29) is 57.4 Å². The van der Waals surface area contributed by atoms with Crippen LogP contribution in [0.1, 0.15) is 0 Å². The largest absolute Gasteiger partial charge is 0 e. The fourth-order valence-corrected chi connectivity index (χ4v) is 0. The van der Waals surface area contributed by atoms with Crippen molar-refractivity contribution in [1.82, 2.24) is 0 Å². The first-order valence-electron chi connectivity index (χ1n) is 0. The summed E-state index contributed by atoms with van der Waals surface area (Å²) in [6.07, 6.45) is 0. The second-order valence-electron chi connectivity index (χ2n) is 0. The van der Waals surface area contributed by atoms with E-state index >= 15 is 0 Å². The van der Waals surface area contributed by atoms with Crippen LogP contribution in [0.3, 0.4) is 0 Å². The van der Waals surface area contributed by atoms with Gasteiger partial charge in [0.1, 0.15) is 0 Å². The van der Waals surface area contributed by atoms with Gasteiger partial charge in [-0.25, -0.2) is 0 Å². The smallest absolute Gasteiger partial charge is 0 e. The molecule has 0 nitrogen and oxygen atoms in total. The van der Waals surface area contributed by atoms with Gasteiger partial charge in [0, 0.05) is 57.4 Å². The van der Waals surface area contributed by atoms with Crippen LogP contribution in [0.5, 0.6) is 0 Å². The van der Waals surface area contributed by atoms with E-state index in [4.69, 9.17) is 0 Å². The first kappa shape index (κ1) is 51.7. The Balaban J connectivity index is 0. The maximum atomic E-state index is 0. The maximum absolute atomic E-state index is 0. The van der Waals surface area contributed by atoms with E-state index in [0.717, 1.165) is 0 Å². The SMILES string of the molecule is [B].[B].[Pt].[Rh]. The molecule has 0 aliphatic rings. The Morgan fingerprint density at radius 2 is 0.750 bits per heavy atom. The summed E-state index contributed by atoms with van der Waals surface area (Å²) < 4.78 is 0. The first-order chi connectivity index (χ1) is 0. The molecule has 0 aromatic carbocycles. The van der Waals surface area contributed by atoms with E-state index in [1.807, 2.05) is 0 Å². The summed E-state index contributed by atoms with van der Waals surface area (Å²) >= 11 is 0. The van der Waals surface area contributed by atoms with Gasteiger partial charge in [-0.05, 0) is 0 Å². The summed E-state index contributed by atoms with van der Waals surface area (Å²) in [6.45, 7) is 0. The van der Waals surface area contributed by atoms with Crippen molar-refractivity contribution >= 4 is 16.8 Å². The normalized spacial score (nSPS) is 0. The molecule has 0 aliphatic heterocycles. The van der Waals surface area contributed by atoms with Crippen molar-refractivity contribution in [3.8, 4) is 0 Å². The molecule has 0 amide bonds. The standard InChI is InChI=1S/2B.Pt.Rh. The molecular formula is B2PtRh. The van der Waals surface area contributed by atoms with Crippen LogP contribution in [0.2, 0.25) is 0 Å². The Labute approximate surface area is 57.3 Å². The summed E-state index contributed by atoms with van der Waals surface area (Å²) in [5, 5.41) is 0. The van der Waals surface area contributed by atoms with Gasteiger partial charge in [0.05, 0.1) is 0 Å². The van der Waals surface area contributed by atoms with Gasteiger partial charge in [0.25, 0.3) is 0 Å². The van der Waals surface area contributed by atoms with Crippen LogP contribution >= 0.6 is 0 Å². The zero-order valence-corrected chi connectivity index (χ0v) is 5.72. The summed E-state index contributed by atoms with van der Waals surface area (Å²) in [7, 11) is 0. The molecule has 0 N–H and O–H groups in total. The monoisotopic (exact) mass is 320 g/mol. The number of hydrogen-bond donors (Lipinski definition) is 0. The average molecular weight is 320 g/mol. The van der Waals surface area contributed by atoms with Crippen LogP contribution in [-0.4, -0.2) is 16.8 Å². The quantitative estimate of drug-likeness (QED) is 0.515. The third-order valence-electron chi connectivity index (χ3n) is 0. The molecule has 0 heterocycles. The predicted molar refractivity (Wildman–Crippen MR) is 11.5 cm³/mol. The minimum absolute atomic E-state index is 0. The van der Waals surface area contributed by atoms with Gasteiger partial charge in [-0.2, -0.15) is 0 Å². The average Bonchev–Trinajstić information content (AvgIpc) is 0. The van der Waals surface area contributed by atoms with Crippen molar-refractivity contribution in [2.45, 2.75) is 0 Å². The number of hydrogen-bond acceptors (Lipinski definition) is 0. The first-order valence-corrected chi connectivity index (χ1v) is 0. The van der Waals surface area contributed by atoms with Gasteiger partial charge in [0.15, 0.2) is 0 Å². The topological polar surface area (TPSA) is 0 Å². The number of rotatable bonds is 0. The van der Waals surface area contributed by atoms with Crippen LogP contribution in [0.15, 0.2) is 0 Å². The van der Waals surface area contributed by atoms with Crippen molar-refractivity contribution in [1.29, 1.82) is 0 Å². The minimum Gasteiger partial charge on any atom is 0 e. The maximum Gasteiger partial charge on any atom is 0 e. The molecule has 0 rings (SSSR count). The molecule has 0 aromatic rings. The van der Waals surface area contributed by atoms with Crippen molar-refractivity contribution < 1.29 is 40.5 Å². The van der Waals surface area contributed by atoms with Gasteiger partial charge >= 0.3 is 0 Å². The third-order valence-corrected chi connectivity index (χ3v) is 0. The molecule has 0 aromatic heterocycles. The molecular weight excluding hydrogens is 320 g/mol. The van der Waals surface area contributed by atoms with E-state index in [2.05, 4.69) is 0 Å². The molecule has 7 radical (unpaired) electrons. The Hall–Kier alpha value is 1.44. The van der Waals surface area contributed by atoms with E-state index in [9.17, 15) is 0 Å². The van der Waals surface area contributed by atoms with Crippen LogP contribution in [0, 0.1) is 0 Å². The molecule has 0 aliphatic carbocycles. The van der Waals surface area contributed by atoms with Crippen LogP contribution in [0.25, 0.3) is 0 Å². The van der Waals surface area contributed by atoms with E-state index < -0.39 is 0 Å². The Kier molecular flexibility index (Phi) is 327. The van der Waals surface area contributed by atoms with Crippen LogP contribution in [-0.2, 0) is 40.5 Å². The zero-order valence-electron chi connectivity index (χ0n) is 1.80. The van der Waals surface area contributed by atoms with E-state index in [0.29, 0.717) is 0 Å². The van der Waals surface area contributed by atoms with Crippen molar-refractivity contribution in [2.24, 2.45) is 0 Å². The zero-order chi connectivity index (χ0) is 0. The molecule has 0 unspecified atom stereocenters. The Morgan fingerprint density at radius 3 is 0.750 bits per heavy atom. The molecule has 0 saturated heterocycles. The fraction of sp³-hybridized carbons (Fsp3) is 0. The van der Waals surface area contributed by atoms with Gasteiger partial charge in [0.2, 0.25) is 0 Å². The minimum atomic E-state index is 0.